The fraction of sp³-hybridized carbons (Fsp3) is 0.905. The first-order valence-corrected chi connectivity index (χ1v) is 10.0. The fourth-order valence-corrected chi connectivity index (χ4v) is 7.31. The van der Waals surface area contributed by atoms with Crippen LogP contribution in [0.5, 0.6) is 0 Å². The average Bonchev–Trinajstić information content (AvgIpc) is 2.80. The molecule has 0 bridgehead atoms. The highest BCUT2D eigenvalue weighted by Crippen LogP contribution is 2.67. The minimum atomic E-state index is -0.623. The minimum absolute atomic E-state index is 0.0379. The van der Waals surface area contributed by atoms with Gasteiger partial charge >= 0.3 is 0 Å². The van der Waals surface area contributed by atoms with Gasteiger partial charge in [0, 0.05) is 18.4 Å². The predicted octanol–water partition coefficient (Wildman–Crippen LogP) is 4.24. The van der Waals surface area contributed by atoms with Crippen LogP contribution >= 0.6 is 0 Å². The van der Waals surface area contributed by atoms with Gasteiger partial charge in [-0.3, -0.25) is 0 Å². The van der Waals surface area contributed by atoms with E-state index in [4.69, 9.17) is 0 Å². The molecule has 4 aliphatic rings. The van der Waals surface area contributed by atoms with Crippen LogP contribution in [0.25, 0.3) is 0 Å². The number of hydrogen-bond acceptors (Lipinski definition) is 2. The Bertz CT molecular complexity index is 548. The maximum absolute atomic E-state index is 13.9. The topological polar surface area (TPSA) is 32.3 Å². The van der Waals surface area contributed by atoms with Crippen molar-refractivity contribution in [1.29, 1.82) is 0 Å². The number of likely N-dealkylation sites (N-methyl/N-ethyl adjacent to an activating group) is 1. The molecule has 3 saturated carbocycles. The van der Waals surface area contributed by atoms with E-state index in [-0.39, 0.29) is 10.8 Å². The molecular weight excluding hydrogens is 301 g/mol. The molecule has 0 radical (unpaired) electrons. The molecule has 136 valence electrons. The second-order valence-corrected chi connectivity index (χ2v) is 9.66. The first kappa shape index (κ1) is 17.0. The van der Waals surface area contributed by atoms with Crippen LogP contribution in [0.1, 0.15) is 65.2 Å². The Labute approximate surface area is 146 Å². The maximum Gasteiger partial charge on any atom is 0.104 e. The van der Waals surface area contributed by atoms with Crippen LogP contribution in [0.15, 0.2) is 11.6 Å². The largest absolute Gasteiger partial charge is 0.388 e. The zero-order chi connectivity index (χ0) is 17.2. The summed E-state index contributed by atoms with van der Waals surface area (Å²) < 4.78 is 13.9. The van der Waals surface area contributed by atoms with Gasteiger partial charge in [-0.05, 0) is 75.2 Å². The Morgan fingerprint density at radius 3 is 2.67 bits per heavy atom. The summed E-state index contributed by atoms with van der Waals surface area (Å²) in [5, 5.41) is 14.6. The Hall–Kier alpha value is -0.410. The molecule has 0 spiro atoms. The van der Waals surface area contributed by atoms with Gasteiger partial charge in [-0.1, -0.05) is 25.5 Å². The summed E-state index contributed by atoms with van der Waals surface area (Å²) in [4.78, 5) is 0. The van der Waals surface area contributed by atoms with Crippen molar-refractivity contribution in [3.05, 3.63) is 11.6 Å². The van der Waals surface area contributed by atoms with E-state index >= 15 is 0 Å². The number of halogens is 1. The van der Waals surface area contributed by atoms with Gasteiger partial charge in [0.25, 0.3) is 0 Å². The quantitative estimate of drug-likeness (QED) is 0.740. The molecule has 0 saturated heterocycles. The fourth-order valence-electron chi connectivity index (χ4n) is 7.31. The molecule has 0 aliphatic heterocycles. The average molecular weight is 336 g/mol. The lowest BCUT2D eigenvalue weighted by Crippen LogP contribution is -2.57. The summed E-state index contributed by atoms with van der Waals surface area (Å²) in [6.45, 7) is 5.47. The van der Waals surface area contributed by atoms with E-state index < -0.39 is 11.8 Å². The van der Waals surface area contributed by atoms with E-state index in [9.17, 15) is 9.50 Å². The summed E-state index contributed by atoms with van der Waals surface area (Å²) in [7, 11) is 1.95. The number of hydrogen-bond donors (Lipinski definition) is 2. The van der Waals surface area contributed by atoms with Gasteiger partial charge in [-0.2, -0.15) is 0 Å². The minimum Gasteiger partial charge on any atom is -0.388 e. The highest BCUT2D eigenvalue weighted by molar-refractivity contribution is 5.26. The third-order valence-electron chi connectivity index (χ3n) is 8.83. The summed E-state index contributed by atoms with van der Waals surface area (Å²) in [5.74, 6) is 1.99. The van der Waals surface area contributed by atoms with Gasteiger partial charge in [0.1, 0.15) is 6.17 Å². The molecule has 2 nitrogen and oxygen atoms in total. The van der Waals surface area contributed by atoms with Gasteiger partial charge in [0.15, 0.2) is 0 Å². The maximum atomic E-state index is 13.9. The third kappa shape index (κ3) is 2.13. The van der Waals surface area contributed by atoms with Crippen LogP contribution in [0.4, 0.5) is 4.39 Å². The lowest BCUT2D eigenvalue weighted by Gasteiger charge is -2.59. The number of alkyl halides is 1. The van der Waals surface area contributed by atoms with Crippen molar-refractivity contribution < 1.29 is 9.50 Å². The molecule has 0 amide bonds. The Morgan fingerprint density at radius 2 is 1.92 bits per heavy atom. The van der Waals surface area contributed by atoms with Crippen LogP contribution in [0.3, 0.4) is 0 Å². The van der Waals surface area contributed by atoms with Crippen molar-refractivity contribution in [1.82, 2.24) is 5.32 Å². The third-order valence-corrected chi connectivity index (χ3v) is 8.83. The lowest BCUT2D eigenvalue weighted by atomic mass is 9.47. The van der Waals surface area contributed by atoms with Crippen LogP contribution in [-0.2, 0) is 0 Å². The molecule has 0 heterocycles. The standard InChI is InChI=1S/C21H34FNO/c1-19-9-6-15(22)12-14(19)4-5-16-17(19)7-10-20(2)18(16)8-11-21(20,24)13-23-3/h4,15-18,23-24H,5-13H2,1-3H3/t15?,16-,17-,18+,19+,20+,21?/m1/s1. The van der Waals surface area contributed by atoms with Gasteiger partial charge < -0.3 is 10.4 Å². The molecule has 2 unspecified atom stereocenters. The normalized spacial score (nSPS) is 53.8. The zero-order valence-corrected chi connectivity index (χ0v) is 15.6. The Balaban J connectivity index is 1.65. The summed E-state index contributed by atoms with van der Waals surface area (Å²) >= 11 is 0. The molecule has 0 aromatic carbocycles. The molecule has 4 aliphatic carbocycles. The SMILES string of the molecule is CNCC1(O)CC[C@H]2[C@@H]3CC=C4CC(F)CC[C@]4(C)[C@@H]3CC[C@@]21C. The van der Waals surface area contributed by atoms with Crippen molar-refractivity contribution in [3.63, 3.8) is 0 Å². The molecule has 7 atom stereocenters. The second kappa shape index (κ2) is 5.54. The number of rotatable bonds is 2. The van der Waals surface area contributed by atoms with Crippen LogP contribution in [0.2, 0.25) is 0 Å². The highest BCUT2D eigenvalue weighted by Gasteiger charge is 2.63. The van der Waals surface area contributed by atoms with Gasteiger partial charge in [0.2, 0.25) is 0 Å². The second-order valence-electron chi connectivity index (χ2n) is 9.66. The van der Waals surface area contributed by atoms with Crippen LogP contribution in [-0.4, -0.2) is 30.5 Å². The highest BCUT2D eigenvalue weighted by atomic mass is 19.1. The van der Waals surface area contributed by atoms with E-state index in [0.717, 1.165) is 38.5 Å². The van der Waals surface area contributed by atoms with Crippen LogP contribution in [0, 0.1) is 28.6 Å². The van der Waals surface area contributed by atoms with E-state index in [0.29, 0.717) is 30.7 Å². The molecule has 24 heavy (non-hydrogen) atoms. The molecule has 3 fully saturated rings. The first-order chi connectivity index (χ1) is 11.3. The Morgan fingerprint density at radius 1 is 1.17 bits per heavy atom. The predicted molar refractivity (Wildman–Crippen MR) is 95.5 cm³/mol. The monoisotopic (exact) mass is 335 g/mol. The van der Waals surface area contributed by atoms with E-state index in [2.05, 4.69) is 25.2 Å². The Kier molecular flexibility index (Phi) is 3.93. The van der Waals surface area contributed by atoms with Crippen molar-refractivity contribution in [2.45, 2.75) is 77.0 Å². The van der Waals surface area contributed by atoms with E-state index in [1.807, 2.05) is 7.05 Å². The number of allylic oxidation sites excluding steroid dienone is 2. The first-order valence-electron chi connectivity index (χ1n) is 10.0. The summed E-state index contributed by atoms with van der Waals surface area (Å²) in [6, 6.07) is 0. The molecule has 4 rings (SSSR count). The number of nitrogens with one attached hydrogen (secondary N) is 1. The van der Waals surface area contributed by atoms with Crippen molar-refractivity contribution in [2.24, 2.45) is 28.6 Å². The molecule has 0 aromatic heterocycles. The van der Waals surface area contributed by atoms with Gasteiger partial charge in [-0.15, -0.1) is 0 Å². The van der Waals surface area contributed by atoms with Gasteiger partial charge in [-0.25, -0.2) is 4.39 Å². The van der Waals surface area contributed by atoms with Crippen LogP contribution < -0.4 is 5.32 Å². The molecule has 0 aromatic rings. The van der Waals surface area contributed by atoms with Crippen molar-refractivity contribution in [2.75, 3.05) is 13.6 Å². The number of fused-ring (bicyclic) bond motifs is 5. The summed E-state index contributed by atoms with van der Waals surface area (Å²) in [5.41, 5.74) is 1.11. The van der Waals surface area contributed by atoms with E-state index in [1.54, 1.807) is 0 Å². The van der Waals surface area contributed by atoms with Crippen molar-refractivity contribution in [3.8, 4) is 0 Å². The number of aliphatic hydroxyl groups is 1. The lowest BCUT2D eigenvalue weighted by molar-refractivity contribution is -0.121. The molecule has 3 heteroatoms. The molecule has 2 N–H and O–H groups in total. The van der Waals surface area contributed by atoms with Gasteiger partial charge in [0.05, 0.1) is 5.60 Å². The smallest absolute Gasteiger partial charge is 0.104 e. The molecular formula is C21H34FNO. The summed E-state index contributed by atoms with van der Waals surface area (Å²) in [6.07, 6.45) is 9.72. The van der Waals surface area contributed by atoms with Crippen molar-refractivity contribution >= 4 is 0 Å². The zero-order valence-electron chi connectivity index (χ0n) is 15.6. The van der Waals surface area contributed by atoms with E-state index in [1.165, 1.54) is 12.0 Å².